The van der Waals surface area contributed by atoms with Crippen LogP contribution in [0.3, 0.4) is 0 Å². The third-order valence-electron chi connectivity index (χ3n) is 10.4. The van der Waals surface area contributed by atoms with Crippen molar-refractivity contribution in [3.05, 3.63) is 24.3 Å². The van der Waals surface area contributed by atoms with E-state index in [2.05, 4.69) is 0 Å². The van der Waals surface area contributed by atoms with Gasteiger partial charge in [0.25, 0.3) is 0 Å². The molecule has 2 fully saturated rings. The van der Waals surface area contributed by atoms with Crippen molar-refractivity contribution >= 4 is 18.2 Å². The number of cyclic esters (lactones) is 1. The zero-order valence-corrected chi connectivity index (χ0v) is 32.6. The summed E-state index contributed by atoms with van der Waals surface area (Å²) in [6, 6.07) is -0.750. The molecule has 0 radical (unpaired) electrons. The van der Waals surface area contributed by atoms with Gasteiger partial charge in [0.15, 0.2) is 12.6 Å². The summed E-state index contributed by atoms with van der Waals surface area (Å²) in [7, 11) is 4.87. The molecule has 16 unspecified atom stereocenters. The van der Waals surface area contributed by atoms with Crippen LogP contribution in [-0.2, 0) is 47.5 Å². The van der Waals surface area contributed by atoms with Gasteiger partial charge >= 0.3 is 11.9 Å². The highest BCUT2D eigenvalue weighted by Gasteiger charge is 2.52. The minimum absolute atomic E-state index is 0.00772. The van der Waals surface area contributed by atoms with Crippen LogP contribution in [-0.4, -0.2) is 150 Å². The van der Waals surface area contributed by atoms with Crippen LogP contribution in [0.4, 0.5) is 0 Å². The van der Waals surface area contributed by atoms with Crippen molar-refractivity contribution in [2.24, 2.45) is 11.8 Å². The number of likely N-dealkylation sites (N-methyl/N-ethyl adjacent to an activating group) is 1. The molecule has 0 saturated carbocycles. The van der Waals surface area contributed by atoms with Gasteiger partial charge in [-0.05, 0) is 60.0 Å². The molecule has 15 nitrogen and oxygen atoms in total. The van der Waals surface area contributed by atoms with Gasteiger partial charge < -0.3 is 63.3 Å². The van der Waals surface area contributed by atoms with E-state index < -0.39 is 109 Å². The zero-order valence-electron chi connectivity index (χ0n) is 32.6. The predicted octanol–water partition coefficient (Wildman–Crippen LogP) is 1.81. The van der Waals surface area contributed by atoms with E-state index in [9.17, 15) is 34.8 Å². The van der Waals surface area contributed by atoms with Crippen molar-refractivity contribution in [2.45, 2.75) is 165 Å². The van der Waals surface area contributed by atoms with E-state index in [0.29, 0.717) is 6.42 Å². The Bertz CT molecular complexity index is 1230. The molecule has 0 aliphatic carbocycles. The lowest BCUT2D eigenvalue weighted by molar-refractivity contribution is -0.344. The SMILES string of the molecule is CCC(=O)OC1CC(=O)OC(C)CC=CC=CC(O)C(C)CC(CC=O)C(OC2OC(C)C(OC3CC(C)(O)C(O)C(C)O3)C(N(C)C)C2O)C1OC. The summed E-state index contributed by atoms with van der Waals surface area (Å²) in [5, 5.41) is 44.2. The average molecular weight is 758 g/mol. The van der Waals surface area contributed by atoms with Gasteiger partial charge in [-0.25, -0.2) is 0 Å². The van der Waals surface area contributed by atoms with Crippen LogP contribution >= 0.6 is 0 Å². The van der Waals surface area contributed by atoms with Crippen LogP contribution in [0.25, 0.3) is 0 Å². The molecule has 0 aromatic carbocycles. The number of allylic oxidation sites excluding steroid dienone is 2. The fourth-order valence-corrected chi connectivity index (χ4v) is 7.38. The van der Waals surface area contributed by atoms with Crippen LogP contribution in [0.1, 0.15) is 80.1 Å². The van der Waals surface area contributed by atoms with Crippen molar-refractivity contribution in [1.82, 2.24) is 4.90 Å². The van der Waals surface area contributed by atoms with Gasteiger partial charge in [-0.2, -0.15) is 0 Å². The molecule has 4 N–H and O–H groups in total. The number of carbonyl (C=O) groups excluding carboxylic acids is 3. The van der Waals surface area contributed by atoms with E-state index in [0.717, 1.165) is 6.29 Å². The standard InChI is InChI=1S/C38H63NO14/c1-10-28(42)51-27-19-29(43)48-22(3)14-12-11-13-15-26(41)21(2)18-25(16-17-40)34(35(27)47-9)53-37-32(44)31(39(7)8)33(23(4)50-37)52-30-20-38(6,46)36(45)24(5)49-30/h11-13,15,17,21-27,30-37,41,44-46H,10,14,16,18-20H2,1-9H3. The fourth-order valence-electron chi connectivity index (χ4n) is 7.38. The number of hydrogen-bond donors (Lipinski definition) is 4. The Morgan fingerprint density at radius 3 is 2.34 bits per heavy atom. The highest BCUT2D eigenvalue weighted by molar-refractivity contribution is 5.72. The van der Waals surface area contributed by atoms with Crippen LogP contribution in [0.2, 0.25) is 0 Å². The first kappa shape index (κ1) is 45.1. The Balaban J connectivity index is 2.04. The van der Waals surface area contributed by atoms with Crippen LogP contribution in [0.15, 0.2) is 24.3 Å². The maximum atomic E-state index is 13.3. The molecule has 16 atom stereocenters. The lowest BCUT2D eigenvalue weighted by Gasteiger charge is -2.50. The summed E-state index contributed by atoms with van der Waals surface area (Å²) in [4.78, 5) is 40.0. The topological polar surface area (TPSA) is 200 Å². The molecule has 15 heteroatoms. The Labute approximate surface area is 313 Å². The third-order valence-corrected chi connectivity index (χ3v) is 10.4. The summed E-state index contributed by atoms with van der Waals surface area (Å²) in [5.74, 6) is -2.31. The monoisotopic (exact) mass is 757 g/mol. The molecule has 3 aliphatic heterocycles. The van der Waals surface area contributed by atoms with E-state index in [4.69, 9.17) is 33.2 Å². The number of methoxy groups -OCH3 is 1. The van der Waals surface area contributed by atoms with E-state index in [-0.39, 0.29) is 32.1 Å². The van der Waals surface area contributed by atoms with Gasteiger partial charge in [-0.3, -0.25) is 9.59 Å². The van der Waals surface area contributed by atoms with Crippen molar-refractivity contribution < 1.29 is 68.0 Å². The summed E-state index contributed by atoms with van der Waals surface area (Å²) < 4.78 is 42.6. The van der Waals surface area contributed by atoms with Crippen molar-refractivity contribution in [3.63, 3.8) is 0 Å². The third kappa shape index (κ3) is 12.3. The van der Waals surface area contributed by atoms with Crippen molar-refractivity contribution in [3.8, 4) is 0 Å². The van der Waals surface area contributed by atoms with E-state index in [1.165, 1.54) is 14.0 Å². The molecule has 304 valence electrons. The van der Waals surface area contributed by atoms with Gasteiger partial charge in [0, 0.05) is 32.8 Å². The predicted molar refractivity (Wildman–Crippen MR) is 191 cm³/mol. The maximum Gasteiger partial charge on any atom is 0.309 e. The second-order valence-electron chi connectivity index (χ2n) is 15.1. The highest BCUT2D eigenvalue weighted by Crippen LogP contribution is 2.37. The number of esters is 2. The van der Waals surface area contributed by atoms with Crippen molar-refractivity contribution in [1.29, 1.82) is 0 Å². The molecule has 3 heterocycles. The minimum atomic E-state index is -1.48. The van der Waals surface area contributed by atoms with Crippen LogP contribution in [0.5, 0.6) is 0 Å². The number of aliphatic hydroxyl groups excluding tert-OH is 3. The van der Waals surface area contributed by atoms with E-state index in [1.807, 2.05) is 13.0 Å². The summed E-state index contributed by atoms with van der Waals surface area (Å²) >= 11 is 0. The Hall–Kier alpha value is -2.31. The van der Waals surface area contributed by atoms with Gasteiger partial charge in [0.1, 0.15) is 42.9 Å². The summed E-state index contributed by atoms with van der Waals surface area (Å²) in [5.41, 5.74) is -1.48. The lowest BCUT2D eigenvalue weighted by Crippen LogP contribution is -2.65. The quantitative estimate of drug-likeness (QED) is 0.186. The van der Waals surface area contributed by atoms with Gasteiger partial charge in [-0.1, -0.05) is 38.2 Å². The van der Waals surface area contributed by atoms with Crippen molar-refractivity contribution in [2.75, 3.05) is 21.2 Å². The van der Waals surface area contributed by atoms with Crippen LogP contribution in [0, 0.1) is 11.8 Å². The summed E-state index contributed by atoms with van der Waals surface area (Å²) in [6.07, 6.45) is -4.13. The lowest BCUT2D eigenvalue weighted by atomic mass is 9.82. The molecule has 3 rings (SSSR count). The number of nitrogens with zero attached hydrogens (tertiary/aromatic N) is 1. The molecule has 0 amide bonds. The molecule has 0 spiro atoms. The Kier molecular flexibility index (Phi) is 17.5. The molecular weight excluding hydrogens is 694 g/mol. The van der Waals surface area contributed by atoms with Gasteiger partial charge in [0.05, 0.1) is 42.5 Å². The Morgan fingerprint density at radius 1 is 1.04 bits per heavy atom. The maximum absolute atomic E-state index is 13.3. The smallest absolute Gasteiger partial charge is 0.309 e. The number of hydrogen-bond acceptors (Lipinski definition) is 15. The first-order chi connectivity index (χ1) is 24.9. The molecule has 0 bridgehead atoms. The number of rotatable bonds is 10. The second kappa shape index (κ2) is 20.6. The summed E-state index contributed by atoms with van der Waals surface area (Å²) in [6.45, 7) is 10.0. The minimum Gasteiger partial charge on any atom is -0.462 e. The number of ether oxygens (including phenoxy) is 7. The molecule has 53 heavy (non-hydrogen) atoms. The molecule has 0 aromatic rings. The molecular formula is C38H63NO14. The van der Waals surface area contributed by atoms with E-state index in [1.54, 1.807) is 64.9 Å². The zero-order chi connectivity index (χ0) is 39.6. The molecule has 3 aliphatic rings. The molecule has 0 aromatic heterocycles. The van der Waals surface area contributed by atoms with E-state index >= 15 is 0 Å². The largest absolute Gasteiger partial charge is 0.462 e. The highest BCUT2D eigenvalue weighted by atomic mass is 16.7. The van der Waals surface area contributed by atoms with Gasteiger partial charge in [0.2, 0.25) is 0 Å². The van der Waals surface area contributed by atoms with Gasteiger partial charge in [-0.15, -0.1) is 0 Å². The normalized spacial score (nSPS) is 42.2. The Morgan fingerprint density at radius 2 is 1.74 bits per heavy atom. The second-order valence-corrected chi connectivity index (χ2v) is 15.1. The first-order valence-corrected chi connectivity index (χ1v) is 18.7. The molecule has 2 saturated heterocycles. The number of aldehydes is 1. The average Bonchev–Trinajstić information content (AvgIpc) is 3.07. The van der Waals surface area contributed by atoms with Crippen LogP contribution < -0.4 is 0 Å². The number of aliphatic hydroxyl groups is 4. The number of carbonyl (C=O) groups is 3. The fraction of sp³-hybridized carbons (Fsp3) is 0.816. The first-order valence-electron chi connectivity index (χ1n) is 18.7.